The standard InChI is InChI=1S/C15H14N2O3S/c1-15(2)7-19-6-10-9-3-11(8-4-16-17-5-8)21-12(9)14(18)20-13(10)15/h3-5H,6-7H2,1-2H3,(H,16,17). The van der Waals surface area contributed by atoms with Gasteiger partial charge < -0.3 is 9.15 Å². The molecule has 0 amide bonds. The van der Waals surface area contributed by atoms with Gasteiger partial charge in [-0.2, -0.15) is 5.10 Å². The van der Waals surface area contributed by atoms with Gasteiger partial charge in [0.25, 0.3) is 0 Å². The van der Waals surface area contributed by atoms with Crippen LogP contribution in [0.3, 0.4) is 0 Å². The number of ether oxygens (including phenoxy) is 1. The highest BCUT2D eigenvalue weighted by Crippen LogP contribution is 2.39. The Balaban J connectivity index is 2.04. The minimum Gasteiger partial charge on any atom is -0.426 e. The molecular weight excluding hydrogens is 288 g/mol. The fraction of sp³-hybridized carbons (Fsp3) is 0.333. The Labute approximate surface area is 124 Å². The minimum absolute atomic E-state index is 0.265. The van der Waals surface area contributed by atoms with E-state index in [-0.39, 0.29) is 11.0 Å². The highest BCUT2D eigenvalue weighted by Gasteiger charge is 2.33. The van der Waals surface area contributed by atoms with E-state index >= 15 is 0 Å². The van der Waals surface area contributed by atoms with Gasteiger partial charge in [0.15, 0.2) is 0 Å². The zero-order chi connectivity index (χ0) is 14.6. The molecule has 0 unspecified atom stereocenters. The van der Waals surface area contributed by atoms with Crippen molar-refractivity contribution in [3.8, 4) is 10.4 Å². The third kappa shape index (κ3) is 1.86. The zero-order valence-electron chi connectivity index (χ0n) is 11.7. The van der Waals surface area contributed by atoms with Crippen LogP contribution in [0.5, 0.6) is 0 Å². The van der Waals surface area contributed by atoms with Crippen molar-refractivity contribution in [3.05, 3.63) is 40.2 Å². The number of fused-ring (bicyclic) bond motifs is 3. The van der Waals surface area contributed by atoms with Gasteiger partial charge in [-0.15, -0.1) is 11.3 Å². The average molecular weight is 302 g/mol. The summed E-state index contributed by atoms with van der Waals surface area (Å²) in [6.45, 7) is 5.11. The van der Waals surface area contributed by atoms with Crippen LogP contribution in [-0.4, -0.2) is 16.8 Å². The van der Waals surface area contributed by atoms with Crippen molar-refractivity contribution in [2.75, 3.05) is 6.61 Å². The summed E-state index contributed by atoms with van der Waals surface area (Å²) < 4.78 is 11.9. The van der Waals surface area contributed by atoms with E-state index in [2.05, 4.69) is 10.2 Å². The first-order valence-corrected chi connectivity index (χ1v) is 7.55. The number of nitrogens with zero attached hydrogens (tertiary/aromatic N) is 1. The molecule has 21 heavy (non-hydrogen) atoms. The number of aromatic amines is 1. The van der Waals surface area contributed by atoms with Crippen LogP contribution < -0.4 is 5.63 Å². The molecule has 0 radical (unpaired) electrons. The lowest BCUT2D eigenvalue weighted by Crippen LogP contribution is -2.31. The molecule has 0 aliphatic carbocycles. The van der Waals surface area contributed by atoms with Gasteiger partial charge >= 0.3 is 5.63 Å². The molecule has 0 atom stereocenters. The first-order chi connectivity index (χ1) is 10.1. The maximum atomic E-state index is 12.3. The van der Waals surface area contributed by atoms with Crippen molar-refractivity contribution >= 4 is 21.4 Å². The van der Waals surface area contributed by atoms with Crippen molar-refractivity contribution in [3.63, 3.8) is 0 Å². The molecule has 6 heteroatoms. The molecule has 4 rings (SSSR count). The lowest BCUT2D eigenvalue weighted by atomic mass is 9.85. The highest BCUT2D eigenvalue weighted by molar-refractivity contribution is 7.22. The molecule has 4 heterocycles. The summed E-state index contributed by atoms with van der Waals surface area (Å²) in [4.78, 5) is 13.3. The van der Waals surface area contributed by atoms with E-state index in [4.69, 9.17) is 9.15 Å². The van der Waals surface area contributed by atoms with Crippen LogP contribution in [0.25, 0.3) is 20.5 Å². The lowest BCUT2D eigenvalue weighted by Gasteiger charge is -2.30. The Morgan fingerprint density at radius 3 is 3.05 bits per heavy atom. The summed E-state index contributed by atoms with van der Waals surface area (Å²) in [7, 11) is 0. The van der Waals surface area contributed by atoms with Crippen LogP contribution in [0.2, 0.25) is 0 Å². The molecular formula is C15H14N2O3S. The highest BCUT2D eigenvalue weighted by atomic mass is 32.1. The molecule has 0 fully saturated rings. The fourth-order valence-corrected chi connectivity index (χ4v) is 3.82. The summed E-state index contributed by atoms with van der Waals surface area (Å²) >= 11 is 1.43. The van der Waals surface area contributed by atoms with Gasteiger partial charge in [0, 0.05) is 33.0 Å². The maximum Gasteiger partial charge on any atom is 0.354 e. The summed E-state index contributed by atoms with van der Waals surface area (Å²) in [5, 5.41) is 7.69. The van der Waals surface area contributed by atoms with Gasteiger partial charge in [-0.3, -0.25) is 5.10 Å². The number of hydrogen-bond acceptors (Lipinski definition) is 5. The maximum absolute atomic E-state index is 12.3. The van der Waals surface area contributed by atoms with Crippen LogP contribution in [0.15, 0.2) is 27.7 Å². The summed E-state index contributed by atoms with van der Waals surface area (Å²) in [5.41, 5.74) is 1.42. The predicted molar refractivity (Wildman–Crippen MR) is 80.6 cm³/mol. The van der Waals surface area contributed by atoms with Crippen molar-refractivity contribution in [1.82, 2.24) is 10.2 Å². The fourth-order valence-electron chi connectivity index (χ4n) is 2.78. The van der Waals surface area contributed by atoms with Crippen molar-refractivity contribution < 1.29 is 9.15 Å². The third-order valence-electron chi connectivity index (χ3n) is 3.82. The van der Waals surface area contributed by atoms with Gasteiger partial charge in [-0.25, -0.2) is 4.79 Å². The Hall–Kier alpha value is -1.92. The first-order valence-electron chi connectivity index (χ1n) is 6.73. The Kier molecular flexibility index (Phi) is 2.61. The largest absolute Gasteiger partial charge is 0.426 e. The zero-order valence-corrected chi connectivity index (χ0v) is 12.5. The van der Waals surface area contributed by atoms with Crippen LogP contribution >= 0.6 is 11.3 Å². The number of aromatic nitrogens is 2. The Bertz CT molecular complexity index is 874. The van der Waals surface area contributed by atoms with E-state index in [1.54, 1.807) is 6.20 Å². The van der Waals surface area contributed by atoms with E-state index < -0.39 is 0 Å². The van der Waals surface area contributed by atoms with E-state index in [1.165, 1.54) is 11.3 Å². The predicted octanol–water partition coefficient (Wildman–Crippen LogP) is 3.05. The van der Waals surface area contributed by atoms with Gasteiger partial charge in [-0.1, -0.05) is 13.8 Å². The van der Waals surface area contributed by atoms with Crippen LogP contribution in [0, 0.1) is 0 Å². The third-order valence-corrected chi connectivity index (χ3v) is 4.98. The van der Waals surface area contributed by atoms with Gasteiger partial charge in [0.1, 0.15) is 10.5 Å². The monoisotopic (exact) mass is 302 g/mol. The smallest absolute Gasteiger partial charge is 0.354 e. The number of hydrogen-bond donors (Lipinski definition) is 1. The van der Waals surface area contributed by atoms with E-state index in [1.807, 2.05) is 26.1 Å². The van der Waals surface area contributed by atoms with Crippen LogP contribution in [-0.2, 0) is 16.8 Å². The number of rotatable bonds is 1. The molecule has 0 saturated carbocycles. The average Bonchev–Trinajstić information content (AvgIpc) is 3.07. The Morgan fingerprint density at radius 1 is 1.43 bits per heavy atom. The van der Waals surface area contributed by atoms with E-state index in [0.29, 0.717) is 17.9 Å². The lowest BCUT2D eigenvalue weighted by molar-refractivity contribution is 0.0505. The first kappa shape index (κ1) is 12.8. The normalized spacial score (nSPS) is 17.0. The van der Waals surface area contributed by atoms with Gasteiger partial charge in [-0.05, 0) is 6.07 Å². The topological polar surface area (TPSA) is 68.1 Å². The molecule has 3 aromatic rings. The number of nitrogens with one attached hydrogen (secondary N) is 1. The van der Waals surface area contributed by atoms with Gasteiger partial charge in [0.05, 0.1) is 19.4 Å². The molecule has 108 valence electrons. The van der Waals surface area contributed by atoms with Crippen LogP contribution in [0.4, 0.5) is 0 Å². The Morgan fingerprint density at radius 2 is 2.29 bits per heavy atom. The molecule has 0 aromatic carbocycles. The second-order valence-electron chi connectivity index (χ2n) is 5.91. The molecule has 5 nitrogen and oxygen atoms in total. The second kappa shape index (κ2) is 4.29. The molecule has 0 bridgehead atoms. The minimum atomic E-state index is -0.279. The van der Waals surface area contributed by atoms with E-state index in [9.17, 15) is 4.79 Å². The second-order valence-corrected chi connectivity index (χ2v) is 6.97. The summed E-state index contributed by atoms with van der Waals surface area (Å²) in [6.07, 6.45) is 3.57. The SMILES string of the molecule is CC1(C)COCc2c1oc(=O)c1sc(-c3cn[nH]c3)cc21. The van der Waals surface area contributed by atoms with E-state index in [0.717, 1.165) is 27.2 Å². The number of H-pyrrole nitrogens is 1. The molecule has 1 aliphatic heterocycles. The number of thiophene rings is 1. The summed E-state index contributed by atoms with van der Waals surface area (Å²) in [6, 6.07) is 2.03. The van der Waals surface area contributed by atoms with Crippen LogP contribution in [0.1, 0.15) is 25.2 Å². The molecule has 0 saturated heterocycles. The van der Waals surface area contributed by atoms with Crippen molar-refractivity contribution in [1.29, 1.82) is 0 Å². The molecule has 1 N–H and O–H groups in total. The molecule has 0 spiro atoms. The van der Waals surface area contributed by atoms with Crippen molar-refractivity contribution in [2.45, 2.75) is 25.9 Å². The quantitative estimate of drug-likeness (QED) is 0.750. The molecule has 1 aliphatic rings. The summed E-state index contributed by atoms with van der Waals surface area (Å²) in [5.74, 6) is 0.753. The van der Waals surface area contributed by atoms with Gasteiger partial charge in [0.2, 0.25) is 0 Å². The van der Waals surface area contributed by atoms with Crippen molar-refractivity contribution in [2.24, 2.45) is 0 Å². The molecule has 3 aromatic heterocycles.